The Labute approximate surface area is 125 Å². The number of aryl methyl sites for hydroxylation is 1. The molecule has 0 fully saturated rings. The summed E-state index contributed by atoms with van der Waals surface area (Å²) in [5, 5.41) is 31.9. The molecular formula is C12H19N5O3S. The van der Waals surface area contributed by atoms with E-state index in [9.17, 15) is 15.3 Å². The number of thiophene rings is 1. The van der Waals surface area contributed by atoms with Gasteiger partial charge in [-0.15, -0.1) is 11.3 Å². The van der Waals surface area contributed by atoms with Gasteiger partial charge in [0.15, 0.2) is 0 Å². The summed E-state index contributed by atoms with van der Waals surface area (Å²) in [5.41, 5.74) is 1.12. The number of rotatable bonds is 7. The van der Waals surface area contributed by atoms with Crippen LogP contribution in [0.2, 0.25) is 0 Å². The summed E-state index contributed by atoms with van der Waals surface area (Å²) in [6.45, 7) is 0.706. The van der Waals surface area contributed by atoms with Crippen LogP contribution in [0.4, 0.5) is 11.8 Å². The first kappa shape index (κ1) is 15.9. The lowest BCUT2D eigenvalue weighted by Crippen LogP contribution is -2.49. The average Bonchev–Trinajstić information content (AvgIpc) is 2.95. The van der Waals surface area contributed by atoms with Crippen molar-refractivity contribution in [2.45, 2.75) is 18.9 Å². The molecule has 21 heavy (non-hydrogen) atoms. The number of aliphatic hydroxyl groups is 3. The monoisotopic (exact) mass is 313 g/mol. The van der Waals surface area contributed by atoms with Gasteiger partial charge in [0.2, 0.25) is 5.95 Å². The van der Waals surface area contributed by atoms with Crippen molar-refractivity contribution in [2.24, 2.45) is 5.84 Å². The minimum absolute atomic E-state index is 0.220. The highest BCUT2D eigenvalue weighted by molar-refractivity contribution is 7.18. The van der Waals surface area contributed by atoms with Crippen LogP contribution in [0.1, 0.15) is 11.8 Å². The number of aromatic nitrogens is 2. The molecule has 116 valence electrons. The molecule has 0 aliphatic carbocycles. The van der Waals surface area contributed by atoms with E-state index in [2.05, 4.69) is 20.7 Å². The fourth-order valence-electron chi connectivity index (χ4n) is 1.83. The fourth-order valence-corrected chi connectivity index (χ4v) is 2.79. The lowest BCUT2D eigenvalue weighted by Gasteiger charge is -2.29. The summed E-state index contributed by atoms with van der Waals surface area (Å²) in [6.07, 6.45) is 0.858. The molecule has 0 radical (unpaired) electrons. The number of nitrogen functional groups attached to an aromatic ring is 1. The summed E-state index contributed by atoms with van der Waals surface area (Å²) >= 11 is 1.52. The predicted octanol–water partition coefficient (Wildman–Crippen LogP) is -0.333. The molecule has 0 unspecified atom stereocenters. The molecule has 0 aliphatic rings. The molecule has 8 nitrogen and oxygen atoms in total. The molecule has 0 atom stereocenters. The molecule has 2 heterocycles. The minimum Gasteiger partial charge on any atom is -0.394 e. The van der Waals surface area contributed by atoms with Crippen LogP contribution in [-0.4, -0.2) is 50.6 Å². The first-order valence-electron chi connectivity index (χ1n) is 6.49. The van der Waals surface area contributed by atoms with E-state index < -0.39 is 25.4 Å². The van der Waals surface area contributed by atoms with Crippen LogP contribution in [0.3, 0.4) is 0 Å². The van der Waals surface area contributed by atoms with Crippen molar-refractivity contribution in [1.29, 1.82) is 0 Å². The summed E-state index contributed by atoms with van der Waals surface area (Å²) in [4.78, 5) is 10.3. The van der Waals surface area contributed by atoms with Crippen LogP contribution in [0, 0.1) is 0 Å². The van der Waals surface area contributed by atoms with Crippen LogP contribution >= 0.6 is 11.3 Å². The molecule has 0 spiro atoms. The van der Waals surface area contributed by atoms with E-state index in [1.165, 1.54) is 11.3 Å². The van der Waals surface area contributed by atoms with Gasteiger partial charge in [0.05, 0.1) is 25.2 Å². The first-order valence-corrected chi connectivity index (χ1v) is 7.31. The molecule has 2 aromatic rings. The number of hydrogen-bond acceptors (Lipinski definition) is 9. The smallest absolute Gasteiger partial charge is 0.240 e. The zero-order valence-electron chi connectivity index (χ0n) is 11.6. The molecule has 0 amide bonds. The van der Waals surface area contributed by atoms with Crippen LogP contribution in [0.5, 0.6) is 0 Å². The quantitative estimate of drug-likeness (QED) is 0.302. The number of aliphatic hydroxyl groups excluding tert-OH is 3. The molecule has 7 N–H and O–H groups in total. The van der Waals surface area contributed by atoms with E-state index in [0.717, 1.165) is 21.5 Å². The number of nitrogens with one attached hydrogen (secondary N) is 2. The molecule has 9 heteroatoms. The van der Waals surface area contributed by atoms with Gasteiger partial charge in [0, 0.05) is 4.88 Å². The number of nitrogens with two attached hydrogens (primary N) is 1. The molecule has 2 rings (SSSR count). The Kier molecular flexibility index (Phi) is 4.91. The lowest BCUT2D eigenvalue weighted by molar-refractivity contribution is 0.0832. The Morgan fingerprint density at radius 1 is 1.24 bits per heavy atom. The predicted molar refractivity (Wildman–Crippen MR) is 82.2 cm³/mol. The van der Waals surface area contributed by atoms with Crippen LogP contribution in [0.25, 0.3) is 10.2 Å². The van der Waals surface area contributed by atoms with Gasteiger partial charge in [-0.2, -0.15) is 4.98 Å². The Hall–Kier alpha value is -1.52. The highest BCUT2D eigenvalue weighted by Crippen LogP contribution is 2.31. The topological polar surface area (TPSA) is 137 Å². The first-order chi connectivity index (χ1) is 10.1. The van der Waals surface area contributed by atoms with Crippen molar-refractivity contribution >= 4 is 33.3 Å². The van der Waals surface area contributed by atoms with E-state index in [4.69, 9.17) is 5.84 Å². The van der Waals surface area contributed by atoms with Crippen molar-refractivity contribution < 1.29 is 15.3 Å². The second-order valence-electron chi connectivity index (χ2n) is 4.70. The fraction of sp³-hybridized carbons (Fsp3) is 0.500. The van der Waals surface area contributed by atoms with Gasteiger partial charge < -0.3 is 20.6 Å². The third-order valence-electron chi connectivity index (χ3n) is 3.21. The number of anilines is 2. The highest BCUT2D eigenvalue weighted by Gasteiger charge is 2.29. The van der Waals surface area contributed by atoms with E-state index in [-0.39, 0.29) is 5.95 Å². The lowest BCUT2D eigenvalue weighted by atomic mass is 10.0. The van der Waals surface area contributed by atoms with Crippen molar-refractivity contribution in [1.82, 2.24) is 9.97 Å². The summed E-state index contributed by atoms with van der Waals surface area (Å²) < 4.78 is 0. The third-order valence-corrected chi connectivity index (χ3v) is 4.39. The van der Waals surface area contributed by atoms with E-state index >= 15 is 0 Å². The van der Waals surface area contributed by atoms with Crippen molar-refractivity contribution in [3.05, 3.63) is 10.9 Å². The van der Waals surface area contributed by atoms with Crippen molar-refractivity contribution in [3.8, 4) is 0 Å². The number of nitrogens with zero attached hydrogens (tertiary/aromatic N) is 2. The zero-order chi connectivity index (χ0) is 15.5. The average molecular weight is 313 g/mol. The molecule has 0 saturated carbocycles. The largest absolute Gasteiger partial charge is 0.394 e. The van der Waals surface area contributed by atoms with E-state index in [1.807, 2.05) is 13.0 Å². The molecular weight excluding hydrogens is 294 g/mol. The Bertz CT molecular complexity index is 606. The van der Waals surface area contributed by atoms with Crippen molar-refractivity contribution in [2.75, 3.05) is 30.6 Å². The normalized spacial score (nSPS) is 11.9. The second kappa shape index (κ2) is 6.50. The maximum atomic E-state index is 9.42. The summed E-state index contributed by atoms with van der Waals surface area (Å²) in [5.74, 6) is 5.99. The summed E-state index contributed by atoms with van der Waals surface area (Å²) in [6, 6.07) is 1.94. The maximum Gasteiger partial charge on any atom is 0.240 e. The van der Waals surface area contributed by atoms with Gasteiger partial charge in [-0.05, 0) is 12.5 Å². The van der Waals surface area contributed by atoms with Gasteiger partial charge in [-0.3, -0.25) is 5.43 Å². The second-order valence-corrected chi connectivity index (χ2v) is 5.82. The number of fused-ring (bicyclic) bond motifs is 1. The van der Waals surface area contributed by atoms with Crippen LogP contribution in [0.15, 0.2) is 6.07 Å². The zero-order valence-corrected chi connectivity index (χ0v) is 12.4. The number of hydrazine groups is 1. The Balaban J connectivity index is 2.52. The molecule has 0 aliphatic heterocycles. The van der Waals surface area contributed by atoms with Gasteiger partial charge in [-0.1, -0.05) is 6.92 Å². The third kappa shape index (κ3) is 3.06. The van der Waals surface area contributed by atoms with Crippen LogP contribution < -0.4 is 16.6 Å². The molecule has 0 bridgehead atoms. The molecule has 0 aromatic carbocycles. The number of hydrogen-bond donors (Lipinski definition) is 6. The van der Waals surface area contributed by atoms with E-state index in [1.54, 1.807) is 0 Å². The standard InChI is InChI=1S/C12H19N5O3S/c1-2-7-3-8-9(16-12(4-18,5-19)6-20)14-11(17-13)15-10(8)21-7/h3,18-20H,2,4-6,13H2,1H3,(H2,14,15,16,17). The van der Waals surface area contributed by atoms with Gasteiger partial charge in [0.25, 0.3) is 0 Å². The minimum atomic E-state index is -1.26. The molecule has 2 aromatic heterocycles. The van der Waals surface area contributed by atoms with Crippen molar-refractivity contribution in [3.63, 3.8) is 0 Å². The SMILES string of the molecule is CCc1cc2c(NC(CO)(CO)CO)nc(NN)nc2s1. The van der Waals surface area contributed by atoms with Gasteiger partial charge >= 0.3 is 0 Å². The maximum absolute atomic E-state index is 9.42. The van der Waals surface area contributed by atoms with E-state index in [0.29, 0.717) is 5.82 Å². The summed E-state index contributed by atoms with van der Waals surface area (Å²) in [7, 11) is 0. The Morgan fingerprint density at radius 3 is 2.43 bits per heavy atom. The van der Waals surface area contributed by atoms with Gasteiger partial charge in [0.1, 0.15) is 16.2 Å². The Morgan fingerprint density at radius 2 is 1.90 bits per heavy atom. The van der Waals surface area contributed by atoms with Crippen LogP contribution in [-0.2, 0) is 6.42 Å². The highest BCUT2D eigenvalue weighted by atomic mass is 32.1. The molecule has 0 saturated heterocycles. The van der Waals surface area contributed by atoms with Gasteiger partial charge in [-0.25, -0.2) is 10.8 Å².